The molecule has 1 atom stereocenters. The van der Waals surface area contributed by atoms with E-state index in [1.807, 2.05) is 23.1 Å². The summed E-state index contributed by atoms with van der Waals surface area (Å²) in [6.07, 6.45) is 1.82. The Labute approximate surface area is 182 Å². The summed E-state index contributed by atoms with van der Waals surface area (Å²) < 4.78 is 14.9. The number of fused-ring (bicyclic) bond motifs is 1. The molecule has 6 heteroatoms. The normalized spacial score (nSPS) is 15.9. The molecule has 2 amide bonds. The number of nitrogens with zero attached hydrogens (tertiary/aromatic N) is 1. The number of aryl methyl sites for hydroxylation is 1. The third kappa shape index (κ3) is 3.83. The van der Waals surface area contributed by atoms with Crippen LogP contribution in [0, 0.1) is 12.7 Å². The Kier molecular flexibility index (Phi) is 5.74. The van der Waals surface area contributed by atoms with Gasteiger partial charge in [-0.25, -0.2) is 9.18 Å². The molecular formula is C23H22BrFN2OS. The minimum atomic E-state index is -0.457. The molecule has 2 heterocycles. The molecule has 0 fully saturated rings. The van der Waals surface area contributed by atoms with Crippen LogP contribution < -0.4 is 5.32 Å². The van der Waals surface area contributed by atoms with E-state index in [4.69, 9.17) is 0 Å². The van der Waals surface area contributed by atoms with Crippen molar-refractivity contribution in [3.05, 3.63) is 85.3 Å². The third-order valence-electron chi connectivity index (χ3n) is 5.41. The van der Waals surface area contributed by atoms with Gasteiger partial charge in [0, 0.05) is 20.8 Å². The zero-order valence-corrected chi connectivity index (χ0v) is 18.7. The second kappa shape index (κ2) is 8.28. The lowest BCUT2D eigenvalue weighted by atomic mass is 9.92. The van der Waals surface area contributed by atoms with E-state index in [9.17, 15) is 9.18 Å². The Balaban J connectivity index is 1.72. The van der Waals surface area contributed by atoms with Crippen LogP contribution in [0.5, 0.6) is 0 Å². The summed E-state index contributed by atoms with van der Waals surface area (Å²) in [6.45, 7) is 4.94. The average Bonchev–Trinajstić information content (AvgIpc) is 3.04. The third-order valence-corrected chi connectivity index (χ3v) is 7.15. The van der Waals surface area contributed by atoms with Crippen molar-refractivity contribution < 1.29 is 9.18 Å². The smallest absolute Gasteiger partial charge is 0.312 e. The molecule has 1 aliphatic rings. The first-order chi connectivity index (χ1) is 14.0. The number of hydrogen-bond acceptors (Lipinski definition) is 2. The van der Waals surface area contributed by atoms with Crippen LogP contribution in [0.1, 0.15) is 39.4 Å². The average molecular weight is 473 g/mol. The molecule has 0 bridgehead atoms. The predicted molar refractivity (Wildman–Crippen MR) is 120 cm³/mol. The van der Waals surface area contributed by atoms with Crippen LogP contribution in [0.25, 0.3) is 0 Å². The molecule has 0 unspecified atom stereocenters. The Morgan fingerprint density at radius 1 is 1.28 bits per heavy atom. The van der Waals surface area contributed by atoms with E-state index in [1.165, 1.54) is 26.9 Å². The maximum atomic E-state index is 14.3. The highest BCUT2D eigenvalue weighted by Crippen LogP contribution is 2.43. The second-order valence-corrected chi connectivity index (χ2v) is 9.32. The van der Waals surface area contributed by atoms with Crippen molar-refractivity contribution in [2.75, 3.05) is 11.9 Å². The van der Waals surface area contributed by atoms with Gasteiger partial charge in [0.25, 0.3) is 0 Å². The van der Waals surface area contributed by atoms with Gasteiger partial charge < -0.3 is 10.2 Å². The Hall–Kier alpha value is -2.18. The number of urea groups is 1. The van der Waals surface area contributed by atoms with E-state index in [-0.39, 0.29) is 17.8 Å². The Bertz CT molecular complexity index is 1050. The molecule has 0 saturated heterocycles. The number of hydrogen-bond donors (Lipinski definition) is 1. The van der Waals surface area contributed by atoms with E-state index >= 15 is 0 Å². The lowest BCUT2D eigenvalue weighted by molar-refractivity contribution is 0.195. The van der Waals surface area contributed by atoms with Crippen molar-refractivity contribution in [2.24, 2.45) is 0 Å². The summed E-state index contributed by atoms with van der Waals surface area (Å²) in [5, 5.41) is 2.77. The van der Waals surface area contributed by atoms with E-state index in [0.29, 0.717) is 11.0 Å². The first-order valence-electron chi connectivity index (χ1n) is 9.68. The predicted octanol–water partition coefficient (Wildman–Crippen LogP) is 6.70. The molecule has 0 aliphatic carbocycles. The standard InChI is InChI=1S/C23H22BrFN2OS/c1-3-17-14(2)29-22-18(17)11-12-27(21(22)15-7-5-4-6-8-15)23(28)26-20-10-9-16(24)13-19(20)25/h4-10,13,21H,3,11-12H2,1-2H3,(H,26,28)/t21-/m0/s1. The number of anilines is 1. The first-order valence-corrected chi connectivity index (χ1v) is 11.3. The summed E-state index contributed by atoms with van der Waals surface area (Å²) in [5.41, 5.74) is 4.05. The van der Waals surface area contributed by atoms with Crippen molar-refractivity contribution >= 4 is 39.0 Å². The summed E-state index contributed by atoms with van der Waals surface area (Å²) in [6, 6.07) is 14.3. The summed E-state index contributed by atoms with van der Waals surface area (Å²) >= 11 is 5.03. The van der Waals surface area contributed by atoms with Gasteiger partial charge in [-0.1, -0.05) is 53.2 Å². The second-order valence-electron chi connectivity index (χ2n) is 7.14. The fourth-order valence-electron chi connectivity index (χ4n) is 4.07. The number of rotatable bonds is 3. The number of thiophene rings is 1. The SMILES string of the molecule is CCc1c(C)sc2c1CCN(C(=O)Nc1ccc(Br)cc1F)[C@H]2c1ccccc1. The van der Waals surface area contributed by atoms with Crippen LogP contribution in [0.2, 0.25) is 0 Å². The Morgan fingerprint density at radius 3 is 2.72 bits per heavy atom. The van der Waals surface area contributed by atoms with Gasteiger partial charge in [0.05, 0.1) is 11.7 Å². The van der Waals surface area contributed by atoms with Crippen LogP contribution in [0.3, 0.4) is 0 Å². The monoisotopic (exact) mass is 472 g/mol. The number of carbonyl (C=O) groups is 1. The molecule has 2 aromatic carbocycles. The molecular weight excluding hydrogens is 451 g/mol. The first kappa shape index (κ1) is 20.1. The van der Waals surface area contributed by atoms with Gasteiger partial charge in [0.15, 0.2) is 0 Å². The van der Waals surface area contributed by atoms with E-state index < -0.39 is 5.82 Å². The Morgan fingerprint density at radius 2 is 2.03 bits per heavy atom. The molecule has 1 aromatic heterocycles. The fourth-order valence-corrected chi connectivity index (χ4v) is 5.85. The molecule has 0 spiro atoms. The van der Waals surface area contributed by atoms with Gasteiger partial charge in [-0.05, 0) is 54.7 Å². The van der Waals surface area contributed by atoms with Crippen molar-refractivity contribution in [1.29, 1.82) is 0 Å². The fraction of sp³-hybridized carbons (Fsp3) is 0.261. The zero-order chi connectivity index (χ0) is 20.5. The molecule has 0 saturated carbocycles. The maximum Gasteiger partial charge on any atom is 0.322 e. The lowest BCUT2D eigenvalue weighted by Crippen LogP contribution is -2.42. The highest BCUT2D eigenvalue weighted by atomic mass is 79.9. The molecule has 3 aromatic rings. The van der Waals surface area contributed by atoms with E-state index in [1.54, 1.807) is 23.5 Å². The van der Waals surface area contributed by atoms with Gasteiger partial charge in [-0.15, -0.1) is 11.3 Å². The zero-order valence-electron chi connectivity index (χ0n) is 16.3. The van der Waals surface area contributed by atoms with Crippen LogP contribution in [0.15, 0.2) is 53.0 Å². The van der Waals surface area contributed by atoms with Gasteiger partial charge in [-0.3, -0.25) is 0 Å². The summed E-state index contributed by atoms with van der Waals surface area (Å²) in [5.74, 6) is -0.457. The molecule has 1 N–H and O–H groups in total. The number of amides is 2. The maximum absolute atomic E-state index is 14.3. The van der Waals surface area contributed by atoms with Crippen molar-refractivity contribution in [2.45, 2.75) is 32.7 Å². The minimum Gasteiger partial charge on any atom is -0.312 e. The molecule has 150 valence electrons. The van der Waals surface area contributed by atoms with Crippen molar-refractivity contribution in [3.63, 3.8) is 0 Å². The molecule has 0 radical (unpaired) electrons. The van der Waals surface area contributed by atoms with Gasteiger partial charge in [-0.2, -0.15) is 0 Å². The number of benzene rings is 2. The summed E-state index contributed by atoms with van der Waals surface area (Å²) in [7, 11) is 0. The minimum absolute atomic E-state index is 0.164. The van der Waals surface area contributed by atoms with Crippen molar-refractivity contribution in [1.82, 2.24) is 4.90 Å². The number of nitrogens with one attached hydrogen (secondary N) is 1. The van der Waals surface area contributed by atoms with Crippen LogP contribution in [-0.4, -0.2) is 17.5 Å². The van der Waals surface area contributed by atoms with Gasteiger partial charge >= 0.3 is 6.03 Å². The van der Waals surface area contributed by atoms with E-state index in [0.717, 1.165) is 18.4 Å². The quantitative estimate of drug-likeness (QED) is 0.451. The lowest BCUT2D eigenvalue weighted by Gasteiger charge is -2.36. The number of carbonyl (C=O) groups excluding carboxylic acids is 1. The molecule has 1 aliphatic heterocycles. The molecule has 29 heavy (non-hydrogen) atoms. The van der Waals surface area contributed by atoms with E-state index in [2.05, 4.69) is 47.2 Å². The number of halogens is 2. The topological polar surface area (TPSA) is 32.3 Å². The largest absolute Gasteiger partial charge is 0.322 e. The van der Waals surface area contributed by atoms with Gasteiger partial charge in [0.1, 0.15) is 5.82 Å². The summed E-state index contributed by atoms with van der Waals surface area (Å²) in [4.78, 5) is 17.6. The van der Waals surface area contributed by atoms with Crippen LogP contribution in [0.4, 0.5) is 14.9 Å². The molecule has 3 nitrogen and oxygen atoms in total. The highest BCUT2D eigenvalue weighted by Gasteiger charge is 2.35. The highest BCUT2D eigenvalue weighted by molar-refractivity contribution is 9.10. The van der Waals surface area contributed by atoms with Crippen LogP contribution >= 0.6 is 27.3 Å². The van der Waals surface area contributed by atoms with Crippen molar-refractivity contribution in [3.8, 4) is 0 Å². The van der Waals surface area contributed by atoms with Gasteiger partial charge in [0.2, 0.25) is 0 Å². The molecule has 4 rings (SSSR count). The van der Waals surface area contributed by atoms with Crippen LogP contribution in [-0.2, 0) is 12.8 Å².